The van der Waals surface area contributed by atoms with Gasteiger partial charge in [-0.15, -0.1) is 0 Å². The highest BCUT2D eigenvalue weighted by Gasteiger charge is 2.34. The molecule has 2 N–H and O–H groups in total. The average molecular weight is 225 g/mol. The SMILES string of the molecule is CC1CCCC(C)C1NCC1(O)CCCC1. The van der Waals surface area contributed by atoms with Crippen LogP contribution in [0.15, 0.2) is 0 Å². The lowest BCUT2D eigenvalue weighted by molar-refractivity contribution is 0.0373. The Morgan fingerprint density at radius 1 is 1.06 bits per heavy atom. The van der Waals surface area contributed by atoms with Crippen LogP contribution < -0.4 is 5.32 Å². The van der Waals surface area contributed by atoms with Crippen molar-refractivity contribution in [2.75, 3.05) is 6.54 Å². The van der Waals surface area contributed by atoms with Crippen molar-refractivity contribution in [2.24, 2.45) is 11.8 Å². The van der Waals surface area contributed by atoms with Crippen molar-refractivity contribution >= 4 is 0 Å². The summed E-state index contributed by atoms with van der Waals surface area (Å²) in [5, 5.41) is 14.0. The van der Waals surface area contributed by atoms with Crippen LogP contribution >= 0.6 is 0 Å². The molecule has 16 heavy (non-hydrogen) atoms. The summed E-state index contributed by atoms with van der Waals surface area (Å²) < 4.78 is 0. The van der Waals surface area contributed by atoms with E-state index in [1.165, 1.54) is 32.1 Å². The fourth-order valence-electron chi connectivity index (χ4n) is 3.60. The van der Waals surface area contributed by atoms with Crippen LogP contribution in [0.4, 0.5) is 0 Å². The zero-order valence-corrected chi connectivity index (χ0v) is 10.8. The highest BCUT2D eigenvalue weighted by molar-refractivity contribution is 4.90. The molecular weight excluding hydrogens is 198 g/mol. The van der Waals surface area contributed by atoms with Crippen LogP contribution in [-0.2, 0) is 0 Å². The van der Waals surface area contributed by atoms with E-state index in [1.807, 2.05) is 0 Å². The van der Waals surface area contributed by atoms with Gasteiger partial charge in [-0.25, -0.2) is 0 Å². The Labute approximate surface area is 99.8 Å². The van der Waals surface area contributed by atoms with Crippen LogP contribution in [0.1, 0.15) is 58.8 Å². The lowest BCUT2D eigenvalue weighted by Gasteiger charge is -2.37. The quantitative estimate of drug-likeness (QED) is 0.774. The van der Waals surface area contributed by atoms with Gasteiger partial charge in [-0.05, 0) is 37.5 Å². The zero-order chi connectivity index (χ0) is 11.6. The third-order valence-corrected chi connectivity index (χ3v) is 4.75. The maximum absolute atomic E-state index is 10.3. The topological polar surface area (TPSA) is 32.3 Å². The second-order valence-electron chi connectivity index (χ2n) is 6.22. The van der Waals surface area contributed by atoms with Gasteiger partial charge >= 0.3 is 0 Å². The first-order valence-corrected chi connectivity index (χ1v) is 7.06. The predicted octanol–water partition coefficient (Wildman–Crippen LogP) is 2.71. The summed E-state index contributed by atoms with van der Waals surface area (Å²) in [5.41, 5.74) is -0.392. The lowest BCUT2D eigenvalue weighted by Crippen LogP contribution is -2.49. The molecule has 2 heteroatoms. The van der Waals surface area contributed by atoms with Gasteiger partial charge in [0.25, 0.3) is 0 Å². The summed E-state index contributed by atoms with van der Waals surface area (Å²) in [6.07, 6.45) is 8.47. The minimum Gasteiger partial charge on any atom is -0.389 e. The zero-order valence-electron chi connectivity index (χ0n) is 10.8. The predicted molar refractivity (Wildman–Crippen MR) is 67.4 cm³/mol. The van der Waals surface area contributed by atoms with E-state index in [4.69, 9.17) is 0 Å². The van der Waals surface area contributed by atoms with Gasteiger partial charge in [0.1, 0.15) is 0 Å². The van der Waals surface area contributed by atoms with E-state index < -0.39 is 5.60 Å². The second-order valence-corrected chi connectivity index (χ2v) is 6.22. The summed E-state index contributed by atoms with van der Waals surface area (Å²) in [7, 11) is 0. The van der Waals surface area contributed by atoms with Gasteiger partial charge in [0.15, 0.2) is 0 Å². The molecule has 2 nitrogen and oxygen atoms in total. The molecule has 2 rings (SSSR count). The van der Waals surface area contributed by atoms with Gasteiger partial charge in [0.05, 0.1) is 5.60 Å². The fraction of sp³-hybridized carbons (Fsp3) is 1.00. The van der Waals surface area contributed by atoms with Crippen molar-refractivity contribution < 1.29 is 5.11 Å². The molecule has 0 spiro atoms. The first-order chi connectivity index (χ1) is 7.61. The summed E-state index contributed by atoms with van der Waals surface area (Å²) in [6, 6.07) is 0.623. The number of hydrogen-bond donors (Lipinski definition) is 2. The molecule has 2 saturated carbocycles. The minimum absolute atomic E-state index is 0.392. The number of hydrogen-bond acceptors (Lipinski definition) is 2. The summed E-state index contributed by atoms with van der Waals surface area (Å²) in [4.78, 5) is 0. The van der Waals surface area contributed by atoms with Crippen molar-refractivity contribution in [1.82, 2.24) is 5.32 Å². The van der Waals surface area contributed by atoms with E-state index in [2.05, 4.69) is 19.2 Å². The summed E-state index contributed by atoms with van der Waals surface area (Å²) in [5.74, 6) is 1.54. The summed E-state index contributed by atoms with van der Waals surface area (Å²) >= 11 is 0. The number of aliphatic hydroxyl groups is 1. The Morgan fingerprint density at radius 3 is 2.19 bits per heavy atom. The van der Waals surface area contributed by atoms with Crippen LogP contribution in [0, 0.1) is 11.8 Å². The van der Waals surface area contributed by atoms with E-state index in [-0.39, 0.29) is 0 Å². The van der Waals surface area contributed by atoms with Gasteiger partial charge in [-0.1, -0.05) is 33.1 Å². The summed E-state index contributed by atoms with van der Waals surface area (Å²) in [6.45, 7) is 5.52. The van der Waals surface area contributed by atoms with Gasteiger partial charge in [0, 0.05) is 12.6 Å². The van der Waals surface area contributed by atoms with Crippen molar-refractivity contribution in [1.29, 1.82) is 0 Å². The monoisotopic (exact) mass is 225 g/mol. The standard InChI is InChI=1S/C14H27NO/c1-11-6-5-7-12(2)13(11)15-10-14(16)8-3-4-9-14/h11-13,15-16H,3-10H2,1-2H3. The molecule has 0 amide bonds. The normalized spacial score (nSPS) is 38.8. The maximum Gasteiger partial charge on any atom is 0.0771 e. The van der Waals surface area contributed by atoms with E-state index in [0.29, 0.717) is 6.04 Å². The molecule has 2 unspecified atom stereocenters. The molecule has 0 aromatic heterocycles. The van der Waals surface area contributed by atoms with E-state index in [0.717, 1.165) is 31.2 Å². The fourth-order valence-corrected chi connectivity index (χ4v) is 3.60. The molecule has 2 aliphatic rings. The van der Waals surface area contributed by atoms with Crippen molar-refractivity contribution in [3.63, 3.8) is 0 Å². The third-order valence-electron chi connectivity index (χ3n) is 4.75. The Kier molecular flexibility index (Phi) is 3.91. The Bertz CT molecular complexity index is 213. The second kappa shape index (κ2) is 5.05. The number of rotatable bonds is 3. The van der Waals surface area contributed by atoms with Crippen LogP contribution in [0.25, 0.3) is 0 Å². The maximum atomic E-state index is 10.3. The van der Waals surface area contributed by atoms with E-state index in [9.17, 15) is 5.11 Å². The van der Waals surface area contributed by atoms with Gasteiger partial charge in [0.2, 0.25) is 0 Å². The minimum atomic E-state index is -0.392. The van der Waals surface area contributed by atoms with Crippen LogP contribution in [-0.4, -0.2) is 23.3 Å². The molecule has 0 aromatic rings. The van der Waals surface area contributed by atoms with Gasteiger partial charge in [-0.3, -0.25) is 0 Å². The Hall–Kier alpha value is -0.0800. The van der Waals surface area contributed by atoms with Crippen molar-refractivity contribution in [2.45, 2.75) is 70.4 Å². The molecule has 94 valence electrons. The molecule has 2 fully saturated rings. The van der Waals surface area contributed by atoms with E-state index in [1.54, 1.807) is 0 Å². The molecule has 0 aromatic carbocycles. The number of nitrogens with one attached hydrogen (secondary N) is 1. The molecule has 2 atom stereocenters. The molecule has 2 aliphatic carbocycles. The Morgan fingerprint density at radius 2 is 1.62 bits per heavy atom. The average Bonchev–Trinajstić information content (AvgIpc) is 2.65. The van der Waals surface area contributed by atoms with Crippen LogP contribution in [0.2, 0.25) is 0 Å². The highest BCUT2D eigenvalue weighted by atomic mass is 16.3. The van der Waals surface area contributed by atoms with Crippen molar-refractivity contribution in [3.8, 4) is 0 Å². The van der Waals surface area contributed by atoms with Crippen LogP contribution in [0.5, 0.6) is 0 Å². The first kappa shape index (κ1) is 12.4. The largest absolute Gasteiger partial charge is 0.389 e. The van der Waals surface area contributed by atoms with Gasteiger partial charge in [-0.2, -0.15) is 0 Å². The molecule has 0 saturated heterocycles. The van der Waals surface area contributed by atoms with Crippen molar-refractivity contribution in [3.05, 3.63) is 0 Å². The van der Waals surface area contributed by atoms with Crippen LogP contribution in [0.3, 0.4) is 0 Å². The third kappa shape index (κ3) is 2.78. The van der Waals surface area contributed by atoms with E-state index >= 15 is 0 Å². The van der Waals surface area contributed by atoms with Gasteiger partial charge < -0.3 is 10.4 Å². The highest BCUT2D eigenvalue weighted by Crippen LogP contribution is 2.32. The first-order valence-electron chi connectivity index (χ1n) is 7.06. The molecule has 0 aliphatic heterocycles. The molecule has 0 heterocycles. The molecule has 0 bridgehead atoms. The lowest BCUT2D eigenvalue weighted by atomic mass is 9.78. The molecular formula is C14H27NO. The Balaban J connectivity index is 1.83. The smallest absolute Gasteiger partial charge is 0.0771 e. The molecule has 0 radical (unpaired) electrons.